The standard InChI is InChI=1S/C14H24/c1-3-5-7-9-11-13-14-12-10-8-6-4-2/h3,5,7-8,10H,1,4,6,9,11-14H2,2H3. The second-order valence-electron chi connectivity index (χ2n) is 3.56. The van der Waals surface area contributed by atoms with E-state index in [0.29, 0.717) is 0 Å². The second kappa shape index (κ2) is 12.2. The molecule has 0 aromatic heterocycles. The molecule has 0 aliphatic carbocycles. The minimum Gasteiger partial charge on any atom is -0.0991 e. The van der Waals surface area contributed by atoms with Crippen LogP contribution in [0.2, 0.25) is 0 Å². The van der Waals surface area contributed by atoms with Crippen molar-refractivity contribution in [2.24, 2.45) is 0 Å². The molecule has 0 heterocycles. The van der Waals surface area contributed by atoms with Gasteiger partial charge in [-0.05, 0) is 32.1 Å². The number of hydrogen-bond acceptors (Lipinski definition) is 0. The van der Waals surface area contributed by atoms with Crippen molar-refractivity contribution in [2.75, 3.05) is 0 Å². The molecule has 0 saturated carbocycles. The molecule has 80 valence electrons. The molecular formula is C14H24. The Bertz CT molecular complexity index is 163. The van der Waals surface area contributed by atoms with Crippen molar-refractivity contribution in [3.8, 4) is 0 Å². The van der Waals surface area contributed by atoms with Gasteiger partial charge >= 0.3 is 0 Å². The SMILES string of the molecule is C=CC=CCCCCCC=CCCC. The van der Waals surface area contributed by atoms with Gasteiger partial charge < -0.3 is 0 Å². The molecule has 0 rings (SSSR count). The molecule has 0 radical (unpaired) electrons. The highest BCUT2D eigenvalue weighted by molar-refractivity contribution is 4.96. The number of rotatable bonds is 9. The van der Waals surface area contributed by atoms with Gasteiger partial charge in [0.05, 0.1) is 0 Å². The van der Waals surface area contributed by atoms with Crippen molar-refractivity contribution in [2.45, 2.75) is 51.9 Å². The first-order chi connectivity index (χ1) is 6.91. The summed E-state index contributed by atoms with van der Waals surface area (Å²) in [5.74, 6) is 0. The van der Waals surface area contributed by atoms with Crippen LogP contribution in [0.15, 0.2) is 37.0 Å². The Morgan fingerprint density at radius 1 is 0.857 bits per heavy atom. The van der Waals surface area contributed by atoms with Gasteiger partial charge in [0.2, 0.25) is 0 Å². The normalized spacial score (nSPS) is 11.5. The molecular weight excluding hydrogens is 168 g/mol. The van der Waals surface area contributed by atoms with Crippen LogP contribution in [0.5, 0.6) is 0 Å². The summed E-state index contributed by atoms with van der Waals surface area (Å²) < 4.78 is 0. The summed E-state index contributed by atoms with van der Waals surface area (Å²) in [5.41, 5.74) is 0. The van der Waals surface area contributed by atoms with Gasteiger partial charge in [-0.1, -0.05) is 56.7 Å². The zero-order chi connectivity index (χ0) is 10.5. The minimum atomic E-state index is 1.20. The highest BCUT2D eigenvalue weighted by atomic mass is 13.9. The Balaban J connectivity index is 3.05. The third-order valence-corrected chi connectivity index (χ3v) is 2.14. The smallest absolute Gasteiger partial charge is 0.0348 e. The summed E-state index contributed by atoms with van der Waals surface area (Å²) in [4.78, 5) is 0. The summed E-state index contributed by atoms with van der Waals surface area (Å²) in [6.07, 6.45) is 19.6. The van der Waals surface area contributed by atoms with Crippen LogP contribution in [0.4, 0.5) is 0 Å². The molecule has 0 atom stereocenters. The third kappa shape index (κ3) is 11.2. The van der Waals surface area contributed by atoms with Gasteiger partial charge in [0.25, 0.3) is 0 Å². The summed E-state index contributed by atoms with van der Waals surface area (Å²) in [7, 11) is 0. The van der Waals surface area contributed by atoms with Crippen molar-refractivity contribution < 1.29 is 0 Å². The molecule has 0 aliphatic heterocycles. The summed E-state index contributed by atoms with van der Waals surface area (Å²) in [6, 6.07) is 0. The highest BCUT2D eigenvalue weighted by Crippen LogP contribution is 2.04. The van der Waals surface area contributed by atoms with Crippen LogP contribution in [0, 0.1) is 0 Å². The Kier molecular flexibility index (Phi) is 11.5. The van der Waals surface area contributed by atoms with Gasteiger partial charge in [0.15, 0.2) is 0 Å². The summed E-state index contributed by atoms with van der Waals surface area (Å²) in [6.45, 7) is 5.86. The molecule has 0 bridgehead atoms. The van der Waals surface area contributed by atoms with Crippen LogP contribution >= 0.6 is 0 Å². The molecule has 14 heavy (non-hydrogen) atoms. The fourth-order valence-electron chi connectivity index (χ4n) is 1.30. The average Bonchev–Trinajstić information content (AvgIpc) is 2.21. The lowest BCUT2D eigenvalue weighted by atomic mass is 10.1. The van der Waals surface area contributed by atoms with Gasteiger partial charge in [-0.25, -0.2) is 0 Å². The van der Waals surface area contributed by atoms with Crippen molar-refractivity contribution in [1.29, 1.82) is 0 Å². The Morgan fingerprint density at radius 2 is 1.50 bits per heavy atom. The molecule has 0 aromatic rings. The zero-order valence-corrected chi connectivity index (χ0v) is 9.54. The van der Waals surface area contributed by atoms with E-state index in [1.54, 1.807) is 0 Å². The number of unbranched alkanes of at least 4 members (excludes halogenated alkanes) is 5. The molecule has 0 aromatic carbocycles. The van der Waals surface area contributed by atoms with Gasteiger partial charge in [-0.3, -0.25) is 0 Å². The van der Waals surface area contributed by atoms with Crippen molar-refractivity contribution in [3.63, 3.8) is 0 Å². The summed E-state index contributed by atoms with van der Waals surface area (Å²) >= 11 is 0. The predicted octanol–water partition coefficient (Wildman–Crippen LogP) is 5.04. The summed E-state index contributed by atoms with van der Waals surface area (Å²) in [5, 5.41) is 0. The molecule has 0 N–H and O–H groups in total. The Labute approximate surface area is 89.4 Å². The molecule has 0 spiro atoms. The Hall–Kier alpha value is -0.780. The van der Waals surface area contributed by atoms with E-state index < -0.39 is 0 Å². The van der Waals surface area contributed by atoms with Gasteiger partial charge in [0.1, 0.15) is 0 Å². The maximum absolute atomic E-state index is 3.64. The topological polar surface area (TPSA) is 0 Å². The number of allylic oxidation sites excluding steroid dienone is 5. The van der Waals surface area contributed by atoms with E-state index in [0.717, 1.165) is 0 Å². The first kappa shape index (κ1) is 13.2. The van der Waals surface area contributed by atoms with Crippen LogP contribution in [-0.4, -0.2) is 0 Å². The van der Waals surface area contributed by atoms with Crippen LogP contribution in [0.25, 0.3) is 0 Å². The van der Waals surface area contributed by atoms with E-state index in [1.807, 2.05) is 12.2 Å². The van der Waals surface area contributed by atoms with Crippen molar-refractivity contribution in [3.05, 3.63) is 37.0 Å². The van der Waals surface area contributed by atoms with E-state index in [2.05, 4.69) is 31.7 Å². The molecule has 0 fully saturated rings. The van der Waals surface area contributed by atoms with E-state index in [1.165, 1.54) is 44.9 Å². The largest absolute Gasteiger partial charge is 0.0991 e. The lowest BCUT2D eigenvalue weighted by Crippen LogP contribution is -1.74. The fourth-order valence-corrected chi connectivity index (χ4v) is 1.30. The highest BCUT2D eigenvalue weighted by Gasteiger charge is 1.85. The van der Waals surface area contributed by atoms with Gasteiger partial charge in [-0.15, -0.1) is 0 Å². The van der Waals surface area contributed by atoms with Crippen LogP contribution in [0.1, 0.15) is 51.9 Å². The first-order valence-electron chi connectivity index (χ1n) is 5.84. The van der Waals surface area contributed by atoms with Crippen LogP contribution < -0.4 is 0 Å². The first-order valence-corrected chi connectivity index (χ1v) is 5.84. The van der Waals surface area contributed by atoms with E-state index in [9.17, 15) is 0 Å². The molecule has 0 aliphatic rings. The zero-order valence-electron chi connectivity index (χ0n) is 9.54. The maximum atomic E-state index is 3.64. The monoisotopic (exact) mass is 192 g/mol. The van der Waals surface area contributed by atoms with E-state index >= 15 is 0 Å². The molecule has 0 saturated heterocycles. The molecule has 0 unspecified atom stereocenters. The average molecular weight is 192 g/mol. The Morgan fingerprint density at radius 3 is 2.14 bits per heavy atom. The van der Waals surface area contributed by atoms with E-state index in [4.69, 9.17) is 0 Å². The predicted molar refractivity (Wildman–Crippen MR) is 66.5 cm³/mol. The molecule has 0 amide bonds. The second-order valence-corrected chi connectivity index (χ2v) is 3.56. The lowest BCUT2D eigenvalue weighted by molar-refractivity contribution is 0.695. The fraction of sp³-hybridized carbons (Fsp3) is 0.571. The number of hydrogen-bond donors (Lipinski definition) is 0. The van der Waals surface area contributed by atoms with Gasteiger partial charge in [0, 0.05) is 0 Å². The van der Waals surface area contributed by atoms with Gasteiger partial charge in [-0.2, -0.15) is 0 Å². The third-order valence-electron chi connectivity index (χ3n) is 2.14. The van der Waals surface area contributed by atoms with Crippen LogP contribution in [-0.2, 0) is 0 Å². The van der Waals surface area contributed by atoms with E-state index in [-0.39, 0.29) is 0 Å². The van der Waals surface area contributed by atoms with Crippen molar-refractivity contribution in [1.82, 2.24) is 0 Å². The maximum Gasteiger partial charge on any atom is -0.0348 e. The molecule has 0 nitrogen and oxygen atoms in total. The minimum absolute atomic E-state index is 1.20. The lowest BCUT2D eigenvalue weighted by Gasteiger charge is -1.94. The molecule has 0 heteroatoms. The van der Waals surface area contributed by atoms with Crippen molar-refractivity contribution >= 4 is 0 Å². The quantitative estimate of drug-likeness (QED) is 0.273. The van der Waals surface area contributed by atoms with Crippen LogP contribution in [0.3, 0.4) is 0 Å².